The molecule has 0 saturated carbocycles. The molecule has 0 spiro atoms. The van der Waals surface area contributed by atoms with Gasteiger partial charge < -0.3 is 10.5 Å². The smallest absolute Gasteiger partial charge is 0.179 e. The fourth-order valence-corrected chi connectivity index (χ4v) is 1.50. The second-order valence-corrected chi connectivity index (χ2v) is 4.19. The summed E-state index contributed by atoms with van der Waals surface area (Å²) < 4.78 is 5.53. The van der Waals surface area contributed by atoms with Crippen molar-refractivity contribution in [1.82, 2.24) is 0 Å². The predicted molar refractivity (Wildman–Crippen MR) is 69.3 cm³/mol. The molecule has 3 heteroatoms. The van der Waals surface area contributed by atoms with Crippen LogP contribution in [0.5, 0.6) is 5.75 Å². The van der Waals surface area contributed by atoms with E-state index in [0.717, 1.165) is 0 Å². The van der Waals surface area contributed by atoms with Gasteiger partial charge in [-0.2, -0.15) is 0 Å². The van der Waals surface area contributed by atoms with E-state index in [2.05, 4.69) is 6.58 Å². The molecule has 0 saturated heterocycles. The lowest BCUT2D eigenvalue weighted by atomic mass is 10.0. The number of carbonyl (C=O) groups is 1. The van der Waals surface area contributed by atoms with Gasteiger partial charge in [-0.3, -0.25) is 4.79 Å². The summed E-state index contributed by atoms with van der Waals surface area (Å²) in [4.78, 5) is 11.9. The van der Waals surface area contributed by atoms with E-state index in [1.54, 1.807) is 24.3 Å². The Bertz CT molecular complexity index is 399. The number of carbonyl (C=O) groups excluding carboxylic acids is 1. The van der Waals surface area contributed by atoms with E-state index in [1.807, 2.05) is 19.9 Å². The fraction of sp³-hybridized carbons (Fsp3) is 0.357. The third kappa shape index (κ3) is 4.04. The maximum atomic E-state index is 11.9. The van der Waals surface area contributed by atoms with E-state index in [4.69, 9.17) is 10.5 Å². The molecule has 0 amide bonds. The highest BCUT2D eigenvalue weighted by molar-refractivity contribution is 6.00. The standard InChI is InChI=1S/C14H19NO2/c1-4-6-13(15)14(16)11-7-5-8-12(9-11)17-10(2)3/h4-5,7-10,13H,1,6,15H2,2-3H3. The molecule has 0 aromatic heterocycles. The Labute approximate surface area is 102 Å². The summed E-state index contributed by atoms with van der Waals surface area (Å²) >= 11 is 0. The van der Waals surface area contributed by atoms with Crippen molar-refractivity contribution in [3.63, 3.8) is 0 Å². The van der Waals surface area contributed by atoms with Crippen LogP contribution in [0.25, 0.3) is 0 Å². The van der Waals surface area contributed by atoms with Gasteiger partial charge in [0.1, 0.15) is 5.75 Å². The van der Waals surface area contributed by atoms with Crippen LogP contribution >= 0.6 is 0 Å². The normalized spacial score (nSPS) is 12.2. The van der Waals surface area contributed by atoms with Crippen molar-refractivity contribution in [2.24, 2.45) is 5.73 Å². The molecule has 1 atom stereocenters. The summed E-state index contributed by atoms with van der Waals surface area (Å²) in [5.41, 5.74) is 6.33. The molecule has 1 unspecified atom stereocenters. The van der Waals surface area contributed by atoms with Crippen LogP contribution in [0.4, 0.5) is 0 Å². The Morgan fingerprint density at radius 1 is 1.53 bits per heavy atom. The third-order valence-electron chi connectivity index (χ3n) is 2.25. The highest BCUT2D eigenvalue weighted by Gasteiger charge is 2.14. The zero-order valence-corrected chi connectivity index (χ0v) is 10.3. The van der Waals surface area contributed by atoms with Gasteiger partial charge in [0.05, 0.1) is 12.1 Å². The molecule has 0 bridgehead atoms. The molecular weight excluding hydrogens is 214 g/mol. The van der Waals surface area contributed by atoms with Crippen LogP contribution in [0.3, 0.4) is 0 Å². The van der Waals surface area contributed by atoms with Crippen LogP contribution in [-0.2, 0) is 0 Å². The van der Waals surface area contributed by atoms with Crippen molar-refractivity contribution in [2.45, 2.75) is 32.4 Å². The summed E-state index contributed by atoms with van der Waals surface area (Å²) in [5, 5.41) is 0. The van der Waals surface area contributed by atoms with Crippen molar-refractivity contribution in [1.29, 1.82) is 0 Å². The van der Waals surface area contributed by atoms with E-state index < -0.39 is 6.04 Å². The topological polar surface area (TPSA) is 52.3 Å². The lowest BCUT2D eigenvalue weighted by molar-refractivity contribution is 0.0961. The number of ether oxygens (including phenoxy) is 1. The first-order valence-corrected chi connectivity index (χ1v) is 5.72. The van der Waals surface area contributed by atoms with E-state index in [-0.39, 0.29) is 11.9 Å². The van der Waals surface area contributed by atoms with E-state index in [1.165, 1.54) is 0 Å². The zero-order chi connectivity index (χ0) is 12.8. The Balaban J connectivity index is 2.83. The van der Waals surface area contributed by atoms with Gasteiger partial charge in [-0.1, -0.05) is 18.2 Å². The maximum Gasteiger partial charge on any atom is 0.179 e. The van der Waals surface area contributed by atoms with Gasteiger partial charge in [0.2, 0.25) is 0 Å². The van der Waals surface area contributed by atoms with Gasteiger partial charge in [-0.25, -0.2) is 0 Å². The second-order valence-electron chi connectivity index (χ2n) is 4.19. The SMILES string of the molecule is C=CCC(N)C(=O)c1cccc(OC(C)C)c1. The summed E-state index contributed by atoms with van der Waals surface area (Å²) in [7, 11) is 0. The summed E-state index contributed by atoms with van der Waals surface area (Å²) in [6, 6.07) is 6.58. The minimum Gasteiger partial charge on any atom is -0.491 e. The molecule has 1 aromatic carbocycles. The molecule has 0 heterocycles. The number of hydrogen-bond acceptors (Lipinski definition) is 3. The average Bonchev–Trinajstić information content (AvgIpc) is 2.28. The van der Waals surface area contributed by atoms with Crippen molar-refractivity contribution in [2.75, 3.05) is 0 Å². The molecule has 3 nitrogen and oxygen atoms in total. The number of ketones is 1. The molecule has 1 aromatic rings. The molecule has 0 aliphatic carbocycles. The minimum atomic E-state index is -0.526. The average molecular weight is 233 g/mol. The fourth-order valence-electron chi connectivity index (χ4n) is 1.50. The first-order chi connectivity index (χ1) is 8.04. The quantitative estimate of drug-likeness (QED) is 0.607. The Morgan fingerprint density at radius 3 is 2.82 bits per heavy atom. The predicted octanol–water partition coefficient (Wildman–Crippen LogP) is 2.56. The second kappa shape index (κ2) is 6.21. The van der Waals surface area contributed by atoms with Crippen molar-refractivity contribution < 1.29 is 9.53 Å². The van der Waals surface area contributed by atoms with E-state index in [9.17, 15) is 4.79 Å². The first kappa shape index (κ1) is 13.5. The van der Waals surface area contributed by atoms with Crippen LogP contribution in [0.2, 0.25) is 0 Å². The van der Waals surface area contributed by atoms with Crippen LogP contribution in [0.15, 0.2) is 36.9 Å². The van der Waals surface area contributed by atoms with Gasteiger partial charge in [0, 0.05) is 5.56 Å². The lowest BCUT2D eigenvalue weighted by Gasteiger charge is -2.12. The monoisotopic (exact) mass is 233 g/mol. The third-order valence-corrected chi connectivity index (χ3v) is 2.25. The first-order valence-electron chi connectivity index (χ1n) is 5.72. The van der Waals surface area contributed by atoms with Gasteiger partial charge in [-0.15, -0.1) is 6.58 Å². The molecule has 92 valence electrons. The van der Waals surface area contributed by atoms with Crippen LogP contribution in [0.1, 0.15) is 30.6 Å². The largest absolute Gasteiger partial charge is 0.491 e. The van der Waals surface area contributed by atoms with Crippen molar-refractivity contribution >= 4 is 5.78 Å². The molecular formula is C14H19NO2. The maximum absolute atomic E-state index is 11.9. The van der Waals surface area contributed by atoms with Crippen molar-refractivity contribution in [3.8, 4) is 5.75 Å². The molecule has 0 aliphatic rings. The molecule has 0 radical (unpaired) electrons. The number of Topliss-reactive ketones (excluding diaryl/α,β-unsaturated/α-hetero) is 1. The van der Waals surface area contributed by atoms with Gasteiger partial charge in [0.15, 0.2) is 5.78 Å². The lowest BCUT2D eigenvalue weighted by Crippen LogP contribution is -2.29. The van der Waals surface area contributed by atoms with Crippen LogP contribution in [-0.4, -0.2) is 17.9 Å². The van der Waals surface area contributed by atoms with E-state index >= 15 is 0 Å². The molecule has 17 heavy (non-hydrogen) atoms. The van der Waals surface area contributed by atoms with Crippen LogP contribution < -0.4 is 10.5 Å². The summed E-state index contributed by atoms with van der Waals surface area (Å²) in [6.45, 7) is 7.46. The number of rotatable bonds is 6. The molecule has 0 fully saturated rings. The van der Waals surface area contributed by atoms with E-state index in [0.29, 0.717) is 17.7 Å². The number of benzene rings is 1. The minimum absolute atomic E-state index is 0.0842. The van der Waals surface area contributed by atoms with Crippen LogP contribution in [0, 0.1) is 0 Å². The zero-order valence-electron chi connectivity index (χ0n) is 10.3. The number of nitrogens with two attached hydrogens (primary N) is 1. The Kier molecular flexibility index (Phi) is 4.91. The summed E-state index contributed by atoms with van der Waals surface area (Å²) in [5.74, 6) is 0.607. The van der Waals surface area contributed by atoms with Crippen molar-refractivity contribution in [3.05, 3.63) is 42.5 Å². The van der Waals surface area contributed by atoms with Gasteiger partial charge in [0.25, 0.3) is 0 Å². The Morgan fingerprint density at radius 2 is 2.24 bits per heavy atom. The number of hydrogen-bond donors (Lipinski definition) is 1. The molecule has 0 aliphatic heterocycles. The Hall–Kier alpha value is -1.61. The molecule has 1 rings (SSSR count). The van der Waals surface area contributed by atoms with Gasteiger partial charge >= 0.3 is 0 Å². The highest BCUT2D eigenvalue weighted by atomic mass is 16.5. The van der Waals surface area contributed by atoms with Gasteiger partial charge in [-0.05, 0) is 32.4 Å². The highest BCUT2D eigenvalue weighted by Crippen LogP contribution is 2.16. The molecule has 2 N–H and O–H groups in total. The summed E-state index contributed by atoms with van der Waals surface area (Å²) in [6.07, 6.45) is 2.22.